The number of allylic oxidation sites excluding steroid dienone is 8. The fraction of sp³-hybridized carbons (Fsp3) is 0.292. The average molecular weight is 438 g/mol. The molecule has 7 heteroatoms. The Kier molecular flexibility index (Phi) is 7.47. The zero-order chi connectivity index (χ0) is 22.4. The van der Waals surface area contributed by atoms with Gasteiger partial charge in [-0.25, -0.2) is 9.97 Å². The van der Waals surface area contributed by atoms with Crippen LogP contribution >= 0.6 is 11.6 Å². The molecule has 0 amide bonds. The van der Waals surface area contributed by atoms with E-state index in [1.54, 1.807) is 7.11 Å². The van der Waals surface area contributed by atoms with Crippen LogP contribution in [0.5, 0.6) is 5.75 Å². The number of hydrogen-bond acceptors (Lipinski definition) is 6. The molecule has 0 saturated carbocycles. The first kappa shape index (κ1) is 22.6. The molecule has 0 bridgehead atoms. The maximum Gasteiger partial charge on any atom is 0.183 e. The highest BCUT2D eigenvalue weighted by Crippen LogP contribution is 2.33. The van der Waals surface area contributed by atoms with E-state index < -0.39 is 0 Å². The number of nitrogens with one attached hydrogen (secondary N) is 1. The van der Waals surface area contributed by atoms with Crippen LogP contribution in [0.2, 0.25) is 0 Å². The molecule has 162 valence electrons. The molecule has 1 aromatic rings. The summed E-state index contributed by atoms with van der Waals surface area (Å²) in [7, 11) is 1.62. The minimum Gasteiger partial charge on any atom is -0.491 e. The van der Waals surface area contributed by atoms with Crippen molar-refractivity contribution in [3.63, 3.8) is 0 Å². The summed E-state index contributed by atoms with van der Waals surface area (Å²) >= 11 is 6.54. The van der Waals surface area contributed by atoms with Crippen LogP contribution in [0.1, 0.15) is 32.9 Å². The van der Waals surface area contributed by atoms with E-state index in [-0.39, 0.29) is 0 Å². The molecule has 31 heavy (non-hydrogen) atoms. The van der Waals surface area contributed by atoms with Crippen LogP contribution in [0.25, 0.3) is 0 Å². The van der Waals surface area contributed by atoms with E-state index in [9.17, 15) is 0 Å². The molecule has 6 nitrogen and oxygen atoms in total. The van der Waals surface area contributed by atoms with E-state index in [1.165, 1.54) is 11.9 Å². The summed E-state index contributed by atoms with van der Waals surface area (Å²) in [5, 5.41) is 3.92. The maximum absolute atomic E-state index is 6.54. The lowest BCUT2D eigenvalue weighted by Crippen LogP contribution is -2.11. The predicted molar refractivity (Wildman–Crippen MR) is 128 cm³/mol. The van der Waals surface area contributed by atoms with Crippen molar-refractivity contribution in [3.05, 3.63) is 81.5 Å². The van der Waals surface area contributed by atoms with Gasteiger partial charge in [0.05, 0.1) is 30.1 Å². The van der Waals surface area contributed by atoms with E-state index in [4.69, 9.17) is 22.1 Å². The number of halogens is 1. The molecule has 0 radical (unpaired) electrons. The molecule has 3 N–H and O–H groups in total. The van der Waals surface area contributed by atoms with Crippen LogP contribution < -0.4 is 15.8 Å². The van der Waals surface area contributed by atoms with Gasteiger partial charge in [0.15, 0.2) is 11.6 Å². The summed E-state index contributed by atoms with van der Waals surface area (Å²) in [6.07, 6.45) is 15.0. The molecule has 1 aliphatic carbocycles. The molecule has 1 aliphatic heterocycles. The summed E-state index contributed by atoms with van der Waals surface area (Å²) in [5.41, 5.74) is 11.9. The van der Waals surface area contributed by atoms with Gasteiger partial charge in [-0.1, -0.05) is 47.6 Å². The van der Waals surface area contributed by atoms with Crippen molar-refractivity contribution in [2.75, 3.05) is 19.0 Å². The van der Waals surface area contributed by atoms with Crippen LogP contribution in [-0.4, -0.2) is 29.5 Å². The van der Waals surface area contributed by atoms with Crippen molar-refractivity contribution in [1.29, 1.82) is 0 Å². The van der Waals surface area contributed by atoms with E-state index in [0.29, 0.717) is 41.8 Å². The van der Waals surface area contributed by atoms with Gasteiger partial charge in [-0.3, -0.25) is 4.99 Å². The summed E-state index contributed by atoms with van der Waals surface area (Å²) in [6, 6.07) is 0. The van der Waals surface area contributed by atoms with Crippen molar-refractivity contribution in [3.8, 4) is 5.75 Å². The molecular formula is C24H28ClN5O. The van der Waals surface area contributed by atoms with E-state index in [0.717, 1.165) is 28.1 Å². The van der Waals surface area contributed by atoms with Crippen molar-refractivity contribution < 1.29 is 4.74 Å². The third kappa shape index (κ3) is 5.33. The first-order valence-electron chi connectivity index (χ1n) is 10.2. The van der Waals surface area contributed by atoms with Crippen LogP contribution in [0.4, 0.5) is 5.82 Å². The van der Waals surface area contributed by atoms with Gasteiger partial charge in [-0.05, 0) is 44.4 Å². The lowest BCUT2D eigenvalue weighted by Gasteiger charge is -2.15. The third-order valence-electron chi connectivity index (χ3n) is 5.27. The standard InChI is InChI=1S/C24H28ClN5O/c1-5-15(3)7-8-16(6-2)11-21-22(31-4)24(29-14-28-21)30-20-12-17-13-27-23(26)18(17)9-10-19(20)25/h5-8,10,12,14H,9,11,13H2,1-4H3,(H2,26,27)(H,28,29,30)/b8-7-,15-5-,16-6+. The molecule has 1 aromatic heterocycles. The first-order chi connectivity index (χ1) is 15.0. The minimum atomic E-state index is 0.555. The van der Waals surface area contributed by atoms with Crippen molar-refractivity contribution in [1.82, 2.24) is 9.97 Å². The zero-order valence-electron chi connectivity index (χ0n) is 18.4. The second-order valence-electron chi connectivity index (χ2n) is 7.25. The number of rotatable bonds is 7. The lowest BCUT2D eigenvalue weighted by atomic mass is 10.1. The number of aliphatic imine (C=N–C) groups is 1. The van der Waals surface area contributed by atoms with Gasteiger partial charge in [0, 0.05) is 12.0 Å². The van der Waals surface area contributed by atoms with Crippen molar-refractivity contribution in [2.24, 2.45) is 10.7 Å². The Morgan fingerprint density at radius 2 is 2.06 bits per heavy atom. The third-order valence-corrected chi connectivity index (χ3v) is 5.63. The molecule has 3 rings (SSSR count). The van der Waals surface area contributed by atoms with E-state index in [1.807, 2.05) is 26.0 Å². The van der Waals surface area contributed by atoms with Crippen LogP contribution in [-0.2, 0) is 6.42 Å². The number of nitrogens with two attached hydrogens (primary N) is 1. The molecule has 0 aromatic carbocycles. The molecule has 2 aliphatic rings. The quantitative estimate of drug-likeness (QED) is 0.587. The maximum atomic E-state index is 6.54. The molecule has 0 saturated heterocycles. The summed E-state index contributed by atoms with van der Waals surface area (Å²) in [6.45, 7) is 6.66. The molecular weight excluding hydrogens is 410 g/mol. The fourth-order valence-electron chi connectivity index (χ4n) is 3.29. The first-order valence-corrected chi connectivity index (χ1v) is 10.6. The monoisotopic (exact) mass is 437 g/mol. The Labute approximate surface area is 188 Å². The van der Waals surface area contributed by atoms with Crippen LogP contribution in [0.3, 0.4) is 0 Å². The average Bonchev–Trinajstić information content (AvgIpc) is 3.04. The molecule has 0 atom stereocenters. The second kappa shape index (κ2) is 10.3. The van der Waals surface area contributed by atoms with Gasteiger partial charge in [0.1, 0.15) is 12.2 Å². The Morgan fingerprint density at radius 1 is 1.26 bits per heavy atom. The fourth-order valence-corrected chi connectivity index (χ4v) is 3.47. The highest BCUT2D eigenvalue weighted by Gasteiger charge is 2.21. The molecule has 0 spiro atoms. The highest BCUT2D eigenvalue weighted by molar-refractivity contribution is 6.32. The number of aromatic nitrogens is 2. The molecule has 0 unspecified atom stereocenters. The number of methoxy groups -OCH3 is 1. The van der Waals surface area contributed by atoms with Gasteiger partial charge in [-0.2, -0.15) is 0 Å². The van der Waals surface area contributed by atoms with Crippen molar-refractivity contribution >= 4 is 23.3 Å². The predicted octanol–water partition coefficient (Wildman–Crippen LogP) is 4.99. The van der Waals surface area contributed by atoms with Gasteiger partial charge in [0.25, 0.3) is 0 Å². The SMILES string of the molecule is C\C=C(C)/C=C\C(=C/C)Cc1ncnc(NC2=CC3=C(CC=C2Cl)C(N)=NC3)c1OC. The molecule has 2 heterocycles. The summed E-state index contributed by atoms with van der Waals surface area (Å²) in [4.78, 5) is 13.2. The number of amidine groups is 1. The smallest absolute Gasteiger partial charge is 0.183 e. The Hall–Kier alpha value is -3.12. The normalized spacial score (nSPS) is 17.3. The zero-order valence-corrected chi connectivity index (χ0v) is 19.1. The number of hydrogen-bond donors (Lipinski definition) is 2. The summed E-state index contributed by atoms with van der Waals surface area (Å²) in [5.74, 6) is 1.73. The Balaban J connectivity index is 1.89. The Morgan fingerprint density at radius 3 is 2.77 bits per heavy atom. The van der Waals surface area contributed by atoms with Gasteiger partial charge >= 0.3 is 0 Å². The number of ether oxygens (including phenoxy) is 1. The largest absolute Gasteiger partial charge is 0.491 e. The van der Waals surface area contributed by atoms with Crippen LogP contribution in [0.15, 0.2) is 80.8 Å². The Bertz CT molecular complexity index is 1070. The number of anilines is 1. The van der Waals surface area contributed by atoms with Crippen LogP contribution in [0, 0.1) is 0 Å². The second-order valence-corrected chi connectivity index (χ2v) is 7.66. The molecule has 0 fully saturated rings. The number of nitrogens with zero attached hydrogens (tertiary/aromatic N) is 3. The minimum absolute atomic E-state index is 0.555. The van der Waals surface area contributed by atoms with Gasteiger partial charge in [0.2, 0.25) is 0 Å². The van der Waals surface area contributed by atoms with E-state index >= 15 is 0 Å². The lowest BCUT2D eigenvalue weighted by molar-refractivity contribution is 0.408. The summed E-state index contributed by atoms with van der Waals surface area (Å²) < 4.78 is 5.69. The van der Waals surface area contributed by atoms with Crippen molar-refractivity contribution in [2.45, 2.75) is 33.6 Å². The van der Waals surface area contributed by atoms with E-state index in [2.05, 4.69) is 51.5 Å². The van der Waals surface area contributed by atoms with Gasteiger partial charge < -0.3 is 15.8 Å². The highest BCUT2D eigenvalue weighted by atomic mass is 35.5. The van der Waals surface area contributed by atoms with Gasteiger partial charge in [-0.15, -0.1) is 0 Å². The topological polar surface area (TPSA) is 85.4 Å².